The minimum Gasteiger partial charge on any atom is -0.382 e. The number of nitrogens with two attached hydrogens (primary N) is 1. The van der Waals surface area contributed by atoms with Gasteiger partial charge in [0.05, 0.1) is 18.1 Å². The van der Waals surface area contributed by atoms with Crippen LogP contribution in [0.15, 0.2) is 12.4 Å². The van der Waals surface area contributed by atoms with Crippen LogP contribution in [0.1, 0.15) is 32.9 Å². The standard InChI is InChI=1S/C12H22N4/c1-4-10(3)8-16(5-2)9-11-6-15-12(13)7-14-11/h6-7,10H,4-5,8-9H2,1-3H3,(H2,13,15). The Kier molecular flexibility index (Phi) is 5.19. The molecular formula is C12H22N4. The van der Waals surface area contributed by atoms with Crippen molar-refractivity contribution in [3.8, 4) is 0 Å². The summed E-state index contributed by atoms with van der Waals surface area (Å²) in [5.74, 6) is 1.20. The van der Waals surface area contributed by atoms with Crippen molar-refractivity contribution in [2.24, 2.45) is 5.92 Å². The van der Waals surface area contributed by atoms with Crippen molar-refractivity contribution < 1.29 is 0 Å². The molecule has 0 aliphatic carbocycles. The molecule has 0 aliphatic rings. The van der Waals surface area contributed by atoms with Gasteiger partial charge >= 0.3 is 0 Å². The van der Waals surface area contributed by atoms with Crippen LogP contribution in [-0.4, -0.2) is 28.0 Å². The fraction of sp³-hybridized carbons (Fsp3) is 0.667. The van der Waals surface area contributed by atoms with Gasteiger partial charge in [-0.15, -0.1) is 0 Å². The van der Waals surface area contributed by atoms with E-state index in [0.717, 1.165) is 31.2 Å². The summed E-state index contributed by atoms with van der Waals surface area (Å²) in [6.45, 7) is 9.68. The maximum Gasteiger partial charge on any atom is 0.141 e. The average molecular weight is 222 g/mol. The summed E-state index contributed by atoms with van der Waals surface area (Å²) in [6, 6.07) is 0. The Morgan fingerprint density at radius 1 is 1.31 bits per heavy atom. The van der Waals surface area contributed by atoms with E-state index in [1.165, 1.54) is 6.42 Å². The van der Waals surface area contributed by atoms with Crippen LogP contribution in [0, 0.1) is 5.92 Å². The lowest BCUT2D eigenvalue weighted by Crippen LogP contribution is -2.28. The predicted molar refractivity (Wildman–Crippen MR) is 66.9 cm³/mol. The summed E-state index contributed by atoms with van der Waals surface area (Å²) < 4.78 is 0. The Hall–Kier alpha value is -1.16. The molecule has 0 aliphatic heterocycles. The van der Waals surface area contributed by atoms with Crippen LogP contribution in [-0.2, 0) is 6.54 Å². The molecule has 1 heterocycles. The van der Waals surface area contributed by atoms with E-state index < -0.39 is 0 Å². The summed E-state index contributed by atoms with van der Waals surface area (Å²) in [7, 11) is 0. The van der Waals surface area contributed by atoms with Crippen LogP contribution in [0.4, 0.5) is 5.82 Å². The Balaban J connectivity index is 2.52. The van der Waals surface area contributed by atoms with E-state index in [2.05, 4.69) is 35.6 Å². The molecule has 0 saturated carbocycles. The van der Waals surface area contributed by atoms with Gasteiger partial charge in [-0.25, -0.2) is 4.98 Å². The van der Waals surface area contributed by atoms with Gasteiger partial charge in [-0.1, -0.05) is 27.2 Å². The highest BCUT2D eigenvalue weighted by Crippen LogP contribution is 2.07. The predicted octanol–water partition coefficient (Wildman–Crippen LogP) is 1.93. The molecule has 0 amide bonds. The highest BCUT2D eigenvalue weighted by molar-refractivity contribution is 5.22. The highest BCUT2D eigenvalue weighted by Gasteiger charge is 2.08. The Morgan fingerprint density at radius 2 is 2.06 bits per heavy atom. The van der Waals surface area contributed by atoms with Crippen LogP contribution in [0.2, 0.25) is 0 Å². The van der Waals surface area contributed by atoms with E-state index in [0.29, 0.717) is 5.82 Å². The third-order valence-corrected chi connectivity index (χ3v) is 2.82. The molecule has 4 nitrogen and oxygen atoms in total. The number of nitrogen functional groups attached to an aromatic ring is 1. The van der Waals surface area contributed by atoms with Crippen molar-refractivity contribution in [3.63, 3.8) is 0 Å². The van der Waals surface area contributed by atoms with E-state index in [4.69, 9.17) is 5.73 Å². The first-order valence-corrected chi connectivity index (χ1v) is 5.94. The van der Waals surface area contributed by atoms with Gasteiger partial charge in [-0.2, -0.15) is 0 Å². The molecule has 0 spiro atoms. The molecule has 0 saturated heterocycles. The summed E-state index contributed by atoms with van der Waals surface area (Å²) in [5, 5.41) is 0. The maximum atomic E-state index is 5.51. The largest absolute Gasteiger partial charge is 0.382 e. The first-order valence-electron chi connectivity index (χ1n) is 5.94. The SMILES string of the molecule is CCC(C)CN(CC)Cc1cnc(N)cn1. The number of hydrogen-bond acceptors (Lipinski definition) is 4. The highest BCUT2D eigenvalue weighted by atomic mass is 15.1. The first-order chi connectivity index (χ1) is 7.65. The smallest absolute Gasteiger partial charge is 0.141 e. The normalized spacial score (nSPS) is 13.0. The van der Waals surface area contributed by atoms with Gasteiger partial charge in [0, 0.05) is 13.1 Å². The number of anilines is 1. The molecule has 0 aromatic carbocycles. The second-order valence-electron chi connectivity index (χ2n) is 4.27. The van der Waals surface area contributed by atoms with E-state index >= 15 is 0 Å². The van der Waals surface area contributed by atoms with Gasteiger partial charge in [0.25, 0.3) is 0 Å². The van der Waals surface area contributed by atoms with Crippen LogP contribution in [0.5, 0.6) is 0 Å². The second-order valence-corrected chi connectivity index (χ2v) is 4.27. The third kappa shape index (κ3) is 4.14. The molecule has 1 atom stereocenters. The third-order valence-electron chi connectivity index (χ3n) is 2.82. The molecule has 4 heteroatoms. The van der Waals surface area contributed by atoms with Crippen LogP contribution < -0.4 is 5.73 Å². The van der Waals surface area contributed by atoms with Gasteiger partial charge in [0.2, 0.25) is 0 Å². The lowest BCUT2D eigenvalue weighted by molar-refractivity contribution is 0.235. The molecule has 0 fully saturated rings. The monoisotopic (exact) mass is 222 g/mol. The zero-order valence-corrected chi connectivity index (χ0v) is 10.5. The van der Waals surface area contributed by atoms with Crippen LogP contribution >= 0.6 is 0 Å². The van der Waals surface area contributed by atoms with E-state index in [-0.39, 0.29) is 0 Å². The Morgan fingerprint density at radius 3 is 2.56 bits per heavy atom. The molecule has 90 valence electrons. The van der Waals surface area contributed by atoms with E-state index in [1.807, 2.05) is 0 Å². The minimum atomic E-state index is 0.480. The topological polar surface area (TPSA) is 55.0 Å². The van der Waals surface area contributed by atoms with Crippen molar-refractivity contribution >= 4 is 5.82 Å². The number of hydrogen-bond donors (Lipinski definition) is 1. The van der Waals surface area contributed by atoms with Crippen molar-refractivity contribution in [1.82, 2.24) is 14.9 Å². The van der Waals surface area contributed by atoms with Crippen LogP contribution in [0.25, 0.3) is 0 Å². The molecule has 0 bridgehead atoms. The average Bonchev–Trinajstić information content (AvgIpc) is 2.30. The molecule has 1 unspecified atom stereocenters. The summed E-state index contributed by atoms with van der Waals surface area (Å²) in [5.41, 5.74) is 6.49. The van der Waals surface area contributed by atoms with E-state index in [9.17, 15) is 0 Å². The second kappa shape index (κ2) is 6.43. The van der Waals surface area contributed by atoms with Gasteiger partial charge in [0.15, 0.2) is 0 Å². The summed E-state index contributed by atoms with van der Waals surface area (Å²) >= 11 is 0. The van der Waals surface area contributed by atoms with Crippen molar-refractivity contribution in [3.05, 3.63) is 18.1 Å². The lowest BCUT2D eigenvalue weighted by atomic mass is 10.1. The minimum absolute atomic E-state index is 0.480. The molecule has 2 N–H and O–H groups in total. The fourth-order valence-corrected chi connectivity index (χ4v) is 1.55. The van der Waals surface area contributed by atoms with Crippen LogP contribution in [0.3, 0.4) is 0 Å². The maximum absolute atomic E-state index is 5.51. The Bertz CT molecular complexity index is 296. The molecule has 1 rings (SSSR count). The number of nitrogens with zero attached hydrogens (tertiary/aromatic N) is 3. The lowest BCUT2D eigenvalue weighted by Gasteiger charge is -2.23. The zero-order chi connectivity index (χ0) is 12.0. The molecule has 1 aromatic heterocycles. The van der Waals surface area contributed by atoms with Crippen molar-refractivity contribution in [1.29, 1.82) is 0 Å². The summed E-state index contributed by atoms with van der Waals surface area (Å²) in [4.78, 5) is 10.7. The zero-order valence-electron chi connectivity index (χ0n) is 10.5. The fourth-order valence-electron chi connectivity index (χ4n) is 1.55. The molecule has 16 heavy (non-hydrogen) atoms. The molecule has 0 radical (unpaired) electrons. The van der Waals surface area contributed by atoms with Crippen molar-refractivity contribution in [2.45, 2.75) is 33.7 Å². The number of aromatic nitrogens is 2. The van der Waals surface area contributed by atoms with Crippen molar-refractivity contribution in [2.75, 3.05) is 18.8 Å². The van der Waals surface area contributed by atoms with Gasteiger partial charge < -0.3 is 5.73 Å². The van der Waals surface area contributed by atoms with Gasteiger partial charge in [-0.3, -0.25) is 9.88 Å². The molecule has 1 aromatic rings. The molecular weight excluding hydrogens is 200 g/mol. The Labute approximate surface area is 97.9 Å². The first kappa shape index (κ1) is 12.9. The quantitative estimate of drug-likeness (QED) is 0.799. The van der Waals surface area contributed by atoms with Gasteiger partial charge in [0.1, 0.15) is 5.82 Å². The summed E-state index contributed by atoms with van der Waals surface area (Å²) in [6.07, 6.45) is 4.59. The van der Waals surface area contributed by atoms with Gasteiger partial charge in [-0.05, 0) is 12.5 Å². The number of rotatable bonds is 6. The van der Waals surface area contributed by atoms with E-state index in [1.54, 1.807) is 12.4 Å².